The third kappa shape index (κ3) is 4.44. The molecule has 5 nitrogen and oxygen atoms in total. The van der Waals surface area contributed by atoms with Crippen molar-refractivity contribution in [3.8, 4) is 5.88 Å². The Morgan fingerprint density at radius 1 is 1.18 bits per heavy atom. The van der Waals surface area contributed by atoms with E-state index in [-0.39, 0.29) is 5.82 Å². The van der Waals surface area contributed by atoms with E-state index in [1.165, 1.54) is 6.07 Å². The van der Waals surface area contributed by atoms with Crippen LogP contribution in [0, 0.1) is 5.82 Å². The normalized spacial score (nSPS) is 11.1. The van der Waals surface area contributed by atoms with E-state index in [0.717, 1.165) is 5.56 Å². The number of guanidine groups is 1. The van der Waals surface area contributed by atoms with E-state index in [4.69, 9.17) is 4.74 Å². The van der Waals surface area contributed by atoms with Gasteiger partial charge >= 0.3 is 0 Å². The van der Waals surface area contributed by atoms with Gasteiger partial charge in [-0.05, 0) is 11.6 Å². The lowest BCUT2D eigenvalue weighted by molar-refractivity contribution is 0.397. The van der Waals surface area contributed by atoms with Crippen LogP contribution in [0.25, 0.3) is 0 Å². The zero-order valence-corrected chi connectivity index (χ0v) is 12.6. The molecule has 1 aromatic heterocycles. The molecule has 22 heavy (non-hydrogen) atoms. The zero-order chi connectivity index (χ0) is 15.8. The largest absolute Gasteiger partial charge is 0.481 e. The van der Waals surface area contributed by atoms with E-state index >= 15 is 0 Å². The fraction of sp³-hybridized carbons (Fsp3) is 0.250. The highest BCUT2D eigenvalue weighted by atomic mass is 19.1. The van der Waals surface area contributed by atoms with E-state index in [1.54, 1.807) is 44.6 Å². The first-order valence-electron chi connectivity index (χ1n) is 6.89. The number of benzene rings is 1. The second-order valence-electron chi connectivity index (χ2n) is 4.58. The topological polar surface area (TPSA) is 58.5 Å². The SMILES string of the molecule is CN=C(NCc1ccc(OC)nc1)NCc1ccccc1F. The summed E-state index contributed by atoms with van der Waals surface area (Å²) in [6.07, 6.45) is 1.73. The first kappa shape index (κ1) is 15.8. The van der Waals surface area contributed by atoms with Crippen molar-refractivity contribution < 1.29 is 9.13 Å². The molecule has 6 heteroatoms. The van der Waals surface area contributed by atoms with Gasteiger partial charge in [0.2, 0.25) is 5.88 Å². The lowest BCUT2D eigenvalue weighted by Crippen LogP contribution is -2.36. The third-order valence-electron chi connectivity index (χ3n) is 3.09. The van der Waals surface area contributed by atoms with Crippen molar-refractivity contribution in [2.75, 3.05) is 14.2 Å². The fourth-order valence-electron chi connectivity index (χ4n) is 1.86. The number of rotatable bonds is 5. The molecule has 0 aliphatic rings. The molecule has 1 heterocycles. The van der Waals surface area contributed by atoms with Gasteiger partial charge in [-0.2, -0.15) is 0 Å². The highest BCUT2D eigenvalue weighted by Gasteiger charge is 2.03. The average molecular weight is 302 g/mol. The van der Waals surface area contributed by atoms with Crippen LogP contribution in [0.1, 0.15) is 11.1 Å². The number of hydrogen-bond acceptors (Lipinski definition) is 3. The zero-order valence-electron chi connectivity index (χ0n) is 12.6. The molecule has 1 aromatic carbocycles. The van der Waals surface area contributed by atoms with Gasteiger partial charge in [0.05, 0.1) is 7.11 Å². The summed E-state index contributed by atoms with van der Waals surface area (Å²) < 4.78 is 18.6. The molecule has 0 amide bonds. The Bertz CT molecular complexity index is 628. The molecule has 0 fully saturated rings. The molecule has 0 unspecified atom stereocenters. The first-order valence-corrected chi connectivity index (χ1v) is 6.89. The molecule has 116 valence electrons. The molecule has 0 atom stereocenters. The molecule has 0 bridgehead atoms. The highest BCUT2D eigenvalue weighted by Crippen LogP contribution is 2.07. The molecule has 0 aliphatic carbocycles. The summed E-state index contributed by atoms with van der Waals surface area (Å²) in [7, 11) is 3.25. The Morgan fingerprint density at radius 2 is 1.95 bits per heavy atom. The monoisotopic (exact) mass is 302 g/mol. The molecule has 2 aromatic rings. The number of aliphatic imine (C=N–C) groups is 1. The van der Waals surface area contributed by atoms with Gasteiger partial charge in [0.25, 0.3) is 0 Å². The molecule has 0 saturated carbocycles. The Labute approximate surface area is 129 Å². The quantitative estimate of drug-likeness (QED) is 0.656. The van der Waals surface area contributed by atoms with Crippen LogP contribution < -0.4 is 15.4 Å². The predicted octanol–water partition coefficient (Wildman–Crippen LogP) is 2.09. The van der Waals surface area contributed by atoms with Crippen LogP contribution in [0.5, 0.6) is 5.88 Å². The molecular weight excluding hydrogens is 283 g/mol. The van der Waals surface area contributed by atoms with Crippen LogP contribution in [0.15, 0.2) is 47.6 Å². The number of halogens is 1. The average Bonchev–Trinajstić information content (AvgIpc) is 2.57. The van der Waals surface area contributed by atoms with E-state index in [2.05, 4.69) is 20.6 Å². The van der Waals surface area contributed by atoms with Crippen LogP contribution in [0.4, 0.5) is 4.39 Å². The molecule has 2 rings (SSSR count). The van der Waals surface area contributed by atoms with Crippen molar-refractivity contribution in [3.63, 3.8) is 0 Å². The Kier molecular flexibility index (Phi) is 5.71. The molecule has 0 saturated heterocycles. The summed E-state index contributed by atoms with van der Waals surface area (Å²) in [4.78, 5) is 8.24. The standard InChI is InChI=1S/C16H19FN4O/c1-18-16(21-11-13-5-3-4-6-14(13)17)20-10-12-7-8-15(22-2)19-9-12/h3-9H,10-11H2,1-2H3,(H2,18,20,21). The third-order valence-corrected chi connectivity index (χ3v) is 3.09. The summed E-state index contributed by atoms with van der Waals surface area (Å²) in [5.74, 6) is 0.940. The van der Waals surface area contributed by atoms with Crippen molar-refractivity contribution in [3.05, 3.63) is 59.5 Å². The number of nitrogens with one attached hydrogen (secondary N) is 2. The second-order valence-corrected chi connectivity index (χ2v) is 4.58. The number of ether oxygens (including phenoxy) is 1. The van der Waals surface area contributed by atoms with Crippen molar-refractivity contribution in [2.45, 2.75) is 13.1 Å². The summed E-state index contributed by atoms with van der Waals surface area (Å²) in [6, 6.07) is 10.4. The number of methoxy groups -OCH3 is 1. The van der Waals surface area contributed by atoms with Gasteiger partial charge in [0, 0.05) is 38.0 Å². The minimum atomic E-state index is -0.232. The minimum Gasteiger partial charge on any atom is -0.481 e. The Balaban J connectivity index is 1.86. The first-order chi connectivity index (χ1) is 10.7. The van der Waals surface area contributed by atoms with Crippen molar-refractivity contribution in [1.29, 1.82) is 0 Å². The van der Waals surface area contributed by atoms with Gasteiger partial charge in [-0.15, -0.1) is 0 Å². The van der Waals surface area contributed by atoms with Gasteiger partial charge in [0.15, 0.2) is 5.96 Å². The van der Waals surface area contributed by atoms with Gasteiger partial charge in [0.1, 0.15) is 5.82 Å². The number of aromatic nitrogens is 1. The molecule has 0 spiro atoms. The van der Waals surface area contributed by atoms with Crippen molar-refractivity contribution in [1.82, 2.24) is 15.6 Å². The molecule has 2 N–H and O–H groups in total. The Morgan fingerprint density at radius 3 is 2.59 bits per heavy atom. The van der Waals surface area contributed by atoms with Gasteiger partial charge < -0.3 is 15.4 Å². The van der Waals surface area contributed by atoms with E-state index in [1.807, 2.05) is 6.07 Å². The van der Waals surface area contributed by atoms with Gasteiger partial charge in [-0.3, -0.25) is 4.99 Å². The number of hydrogen-bond donors (Lipinski definition) is 2. The summed E-state index contributed by atoms with van der Waals surface area (Å²) in [5.41, 5.74) is 1.59. The van der Waals surface area contributed by atoms with Crippen LogP contribution in [0.2, 0.25) is 0 Å². The van der Waals surface area contributed by atoms with Crippen molar-refractivity contribution in [2.24, 2.45) is 4.99 Å². The van der Waals surface area contributed by atoms with Crippen molar-refractivity contribution >= 4 is 5.96 Å². The maximum atomic E-state index is 13.5. The molecular formula is C16H19FN4O. The number of nitrogens with zero attached hydrogens (tertiary/aromatic N) is 2. The summed E-state index contributed by atoms with van der Waals surface area (Å²) >= 11 is 0. The van der Waals surface area contributed by atoms with Crippen LogP contribution in [-0.2, 0) is 13.1 Å². The number of pyridine rings is 1. The van der Waals surface area contributed by atoms with Gasteiger partial charge in [-0.25, -0.2) is 9.37 Å². The molecule has 0 radical (unpaired) electrons. The highest BCUT2D eigenvalue weighted by molar-refractivity contribution is 5.79. The van der Waals surface area contributed by atoms with E-state index in [9.17, 15) is 4.39 Å². The van der Waals surface area contributed by atoms with Crippen LogP contribution >= 0.6 is 0 Å². The maximum absolute atomic E-state index is 13.5. The second kappa shape index (κ2) is 7.97. The summed E-state index contributed by atoms with van der Waals surface area (Å²) in [6.45, 7) is 0.932. The Hall–Kier alpha value is -2.63. The van der Waals surface area contributed by atoms with E-state index in [0.29, 0.717) is 30.5 Å². The lowest BCUT2D eigenvalue weighted by atomic mass is 10.2. The maximum Gasteiger partial charge on any atom is 0.212 e. The molecule has 0 aliphatic heterocycles. The van der Waals surface area contributed by atoms with E-state index < -0.39 is 0 Å². The van der Waals surface area contributed by atoms with Crippen LogP contribution in [0.3, 0.4) is 0 Å². The smallest absolute Gasteiger partial charge is 0.212 e. The van der Waals surface area contributed by atoms with Gasteiger partial charge in [-0.1, -0.05) is 24.3 Å². The lowest BCUT2D eigenvalue weighted by Gasteiger charge is -2.12. The fourth-order valence-corrected chi connectivity index (χ4v) is 1.86. The van der Waals surface area contributed by atoms with Crippen LogP contribution in [-0.4, -0.2) is 25.1 Å². The summed E-state index contributed by atoms with van der Waals surface area (Å²) in [5, 5.41) is 6.22. The predicted molar refractivity (Wildman–Crippen MR) is 84.2 cm³/mol. The minimum absolute atomic E-state index is 0.232.